The Hall–Kier alpha value is -3.20. The standard InChI is InChI=1S/C22H25FN4O4/c23-17-4-1-3-16(13-17)22(28)26-10-8-25(9-11-26)18-6-7-21(27(29)30)20(14-18)24-15-19-5-2-12-31-19/h1,3-4,6-7,13-14,19,24H,2,5,8-12,15H2/t19-/m1/s1. The van der Waals surface area contributed by atoms with Gasteiger partial charge in [-0.05, 0) is 43.2 Å². The quantitative estimate of drug-likeness (QED) is 0.561. The summed E-state index contributed by atoms with van der Waals surface area (Å²) in [5.74, 6) is -0.625. The molecule has 0 unspecified atom stereocenters. The van der Waals surface area contributed by atoms with Crippen LogP contribution < -0.4 is 10.2 Å². The number of anilines is 2. The van der Waals surface area contributed by atoms with Gasteiger partial charge < -0.3 is 19.9 Å². The van der Waals surface area contributed by atoms with Crippen LogP contribution in [0, 0.1) is 15.9 Å². The first kappa shape index (κ1) is 21.0. The number of amides is 1. The molecule has 4 rings (SSSR count). The third-order valence-electron chi connectivity index (χ3n) is 5.72. The van der Waals surface area contributed by atoms with Gasteiger partial charge in [0.15, 0.2) is 0 Å². The highest BCUT2D eigenvalue weighted by Gasteiger charge is 2.24. The number of nitro groups is 1. The molecule has 2 saturated heterocycles. The topological polar surface area (TPSA) is 88.0 Å². The number of hydrogen-bond donors (Lipinski definition) is 1. The fraction of sp³-hybridized carbons (Fsp3) is 0.409. The van der Waals surface area contributed by atoms with Gasteiger partial charge in [-0.1, -0.05) is 6.07 Å². The zero-order valence-corrected chi connectivity index (χ0v) is 17.1. The minimum absolute atomic E-state index is 0.0293. The number of nitrogens with zero attached hydrogens (tertiary/aromatic N) is 3. The first-order valence-corrected chi connectivity index (χ1v) is 10.4. The fourth-order valence-corrected chi connectivity index (χ4v) is 4.02. The number of carbonyl (C=O) groups excluding carboxylic acids is 1. The van der Waals surface area contributed by atoms with E-state index in [0.29, 0.717) is 44.0 Å². The maximum atomic E-state index is 13.4. The van der Waals surface area contributed by atoms with Crippen molar-refractivity contribution in [3.8, 4) is 0 Å². The Kier molecular flexibility index (Phi) is 6.31. The molecular weight excluding hydrogens is 403 g/mol. The van der Waals surface area contributed by atoms with Gasteiger partial charge in [0.05, 0.1) is 11.0 Å². The van der Waals surface area contributed by atoms with E-state index in [1.165, 1.54) is 24.3 Å². The zero-order valence-electron chi connectivity index (χ0n) is 17.1. The zero-order chi connectivity index (χ0) is 21.8. The van der Waals surface area contributed by atoms with Gasteiger partial charge in [0, 0.05) is 56.6 Å². The minimum atomic E-state index is -0.432. The van der Waals surface area contributed by atoms with Crippen molar-refractivity contribution in [1.82, 2.24) is 4.90 Å². The Morgan fingerprint density at radius 3 is 2.68 bits per heavy atom. The molecule has 0 saturated carbocycles. The molecule has 164 valence electrons. The van der Waals surface area contributed by atoms with Crippen molar-refractivity contribution in [2.45, 2.75) is 18.9 Å². The Morgan fingerprint density at radius 2 is 2.00 bits per heavy atom. The van der Waals surface area contributed by atoms with E-state index < -0.39 is 10.7 Å². The van der Waals surface area contributed by atoms with Crippen LogP contribution in [0.5, 0.6) is 0 Å². The summed E-state index contributed by atoms with van der Waals surface area (Å²) in [6.45, 7) is 3.41. The maximum absolute atomic E-state index is 13.4. The molecule has 2 aromatic rings. The molecule has 0 spiro atoms. The number of nitrogens with one attached hydrogen (secondary N) is 1. The second-order valence-electron chi connectivity index (χ2n) is 7.76. The van der Waals surface area contributed by atoms with Crippen LogP contribution in [-0.2, 0) is 4.74 Å². The summed E-state index contributed by atoms with van der Waals surface area (Å²) in [7, 11) is 0. The van der Waals surface area contributed by atoms with Crippen LogP contribution in [0.4, 0.5) is 21.5 Å². The van der Waals surface area contributed by atoms with Crippen molar-refractivity contribution >= 4 is 23.0 Å². The summed E-state index contributed by atoms with van der Waals surface area (Å²) in [5.41, 5.74) is 1.70. The van der Waals surface area contributed by atoms with Gasteiger partial charge in [-0.3, -0.25) is 14.9 Å². The SMILES string of the molecule is O=C(c1cccc(F)c1)N1CCN(c2ccc([N+](=O)[O-])c(NC[C@H]3CCCO3)c2)CC1. The monoisotopic (exact) mass is 428 g/mol. The van der Waals surface area contributed by atoms with Crippen LogP contribution in [0.3, 0.4) is 0 Å². The van der Waals surface area contributed by atoms with E-state index >= 15 is 0 Å². The predicted octanol–water partition coefficient (Wildman–Crippen LogP) is 3.29. The second kappa shape index (κ2) is 9.30. The third kappa shape index (κ3) is 4.93. The summed E-state index contributed by atoms with van der Waals surface area (Å²) in [6.07, 6.45) is 2.02. The van der Waals surface area contributed by atoms with E-state index in [0.717, 1.165) is 25.1 Å². The van der Waals surface area contributed by atoms with Gasteiger partial charge in [-0.25, -0.2) is 4.39 Å². The molecule has 9 heteroatoms. The molecule has 0 aliphatic carbocycles. The van der Waals surface area contributed by atoms with Gasteiger partial charge >= 0.3 is 0 Å². The van der Waals surface area contributed by atoms with Gasteiger partial charge in [0.25, 0.3) is 11.6 Å². The van der Waals surface area contributed by atoms with E-state index in [1.54, 1.807) is 23.1 Å². The molecule has 2 aliphatic rings. The van der Waals surface area contributed by atoms with E-state index in [1.807, 2.05) is 0 Å². The van der Waals surface area contributed by atoms with Crippen molar-refractivity contribution in [2.24, 2.45) is 0 Å². The van der Waals surface area contributed by atoms with E-state index in [4.69, 9.17) is 4.74 Å². The Bertz CT molecular complexity index is 956. The molecule has 2 aromatic carbocycles. The van der Waals surface area contributed by atoms with Gasteiger partial charge in [-0.2, -0.15) is 0 Å². The highest BCUT2D eigenvalue weighted by molar-refractivity contribution is 5.94. The number of rotatable bonds is 6. The lowest BCUT2D eigenvalue weighted by Gasteiger charge is -2.36. The molecule has 1 amide bonds. The predicted molar refractivity (Wildman–Crippen MR) is 115 cm³/mol. The molecule has 1 atom stereocenters. The van der Waals surface area contributed by atoms with Crippen molar-refractivity contribution in [3.05, 3.63) is 64.0 Å². The average Bonchev–Trinajstić information content (AvgIpc) is 3.31. The Morgan fingerprint density at radius 1 is 1.19 bits per heavy atom. The Labute approximate surface area is 179 Å². The van der Waals surface area contributed by atoms with Crippen LogP contribution in [0.25, 0.3) is 0 Å². The number of nitro benzene ring substituents is 1. The molecule has 0 aromatic heterocycles. The number of halogens is 1. The van der Waals surface area contributed by atoms with Crippen molar-refractivity contribution < 1.29 is 18.8 Å². The first-order chi connectivity index (χ1) is 15.0. The average molecular weight is 428 g/mol. The van der Waals surface area contributed by atoms with Crippen LogP contribution in [0.15, 0.2) is 42.5 Å². The Balaban J connectivity index is 1.42. The fourth-order valence-electron chi connectivity index (χ4n) is 4.02. The molecule has 8 nitrogen and oxygen atoms in total. The van der Waals surface area contributed by atoms with E-state index in [2.05, 4.69) is 10.2 Å². The lowest BCUT2D eigenvalue weighted by atomic mass is 10.1. The van der Waals surface area contributed by atoms with Crippen molar-refractivity contribution in [3.63, 3.8) is 0 Å². The number of piperazine rings is 1. The number of hydrogen-bond acceptors (Lipinski definition) is 6. The van der Waals surface area contributed by atoms with E-state index in [-0.39, 0.29) is 17.7 Å². The second-order valence-corrected chi connectivity index (χ2v) is 7.76. The largest absolute Gasteiger partial charge is 0.377 e. The van der Waals surface area contributed by atoms with Gasteiger partial charge in [0.1, 0.15) is 11.5 Å². The van der Waals surface area contributed by atoms with E-state index in [9.17, 15) is 19.3 Å². The lowest BCUT2D eigenvalue weighted by molar-refractivity contribution is -0.383. The minimum Gasteiger partial charge on any atom is -0.377 e. The highest BCUT2D eigenvalue weighted by Crippen LogP contribution is 2.30. The van der Waals surface area contributed by atoms with Crippen molar-refractivity contribution in [1.29, 1.82) is 0 Å². The van der Waals surface area contributed by atoms with Crippen LogP contribution in [-0.4, -0.2) is 61.2 Å². The summed E-state index contributed by atoms with van der Waals surface area (Å²) < 4.78 is 19.0. The molecule has 0 radical (unpaired) electrons. The van der Waals surface area contributed by atoms with Crippen LogP contribution in [0.2, 0.25) is 0 Å². The highest BCUT2D eigenvalue weighted by atomic mass is 19.1. The first-order valence-electron chi connectivity index (χ1n) is 10.4. The van der Waals surface area contributed by atoms with Crippen molar-refractivity contribution in [2.75, 3.05) is 49.5 Å². The molecule has 0 bridgehead atoms. The van der Waals surface area contributed by atoms with Crippen LogP contribution >= 0.6 is 0 Å². The van der Waals surface area contributed by atoms with Crippen LogP contribution in [0.1, 0.15) is 23.2 Å². The molecule has 2 fully saturated rings. The smallest absolute Gasteiger partial charge is 0.292 e. The van der Waals surface area contributed by atoms with Gasteiger partial charge in [0.2, 0.25) is 0 Å². The summed E-state index contributed by atoms with van der Waals surface area (Å²) >= 11 is 0. The summed E-state index contributed by atoms with van der Waals surface area (Å²) in [6, 6.07) is 10.7. The number of benzene rings is 2. The van der Waals surface area contributed by atoms with Gasteiger partial charge in [-0.15, -0.1) is 0 Å². The summed E-state index contributed by atoms with van der Waals surface area (Å²) in [4.78, 5) is 27.5. The molecule has 1 N–H and O–H groups in total. The molecular formula is C22H25FN4O4. The number of ether oxygens (including phenoxy) is 1. The summed E-state index contributed by atoms with van der Waals surface area (Å²) in [5, 5.41) is 14.6. The maximum Gasteiger partial charge on any atom is 0.292 e. The molecule has 31 heavy (non-hydrogen) atoms. The number of carbonyl (C=O) groups is 1. The lowest BCUT2D eigenvalue weighted by Crippen LogP contribution is -2.48. The molecule has 2 aliphatic heterocycles. The third-order valence-corrected chi connectivity index (χ3v) is 5.72. The normalized spacial score (nSPS) is 18.8. The molecule has 2 heterocycles.